The molecule has 0 aromatic heterocycles. The molecule has 0 saturated carbocycles. The number of urea groups is 2. The topological polar surface area (TPSA) is 239 Å². The molecule has 0 atom stereocenters. The Bertz CT molecular complexity index is 1690. The van der Waals surface area contributed by atoms with Gasteiger partial charge in [0.05, 0.1) is 0 Å². The van der Waals surface area contributed by atoms with Gasteiger partial charge in [0.1, 0.15) is 28.7 Å². The molecule has 0 fully saturated rings. The number of carbonyl (C=O) groups excluding carboxylic acids is 4. The number of primary amides is 2. The van der Waals surface area contributed by atoms with Crippen LogP contribution in [0.3, 0.4) is 0 Å². The van der Waals surface area contributed by atoms with Crippen LogP contribution in [-0.2, 0) is 48.7 Å². The van der Waals surface area contributed by atoms with E-state index in [4.69, 9.17) is 32.4 Å². The van der Waals surface area contributed by atoms with Crippen LogP contribution in [0.5, 0.6) is 0 Å². The number of nitrogens with two attached hydrogens (primary N) is 4. The number of carbonyl (C=O) groups is 4. The zero-order valence-electron chi connectivity index (χ0n) is 31.2. The maximum absolute atomic E-state index is 13.5. The molecule has 0 radical (unpaired) electrons. The third-order valence-corrected chi connectivity index (χ3v) is 6.36. The first-order valence-electron chi connectivity index (χ1n) is 16.3. The van der Waals surface area contributed by atoms with Gasteiger partial charge >= 0.3 is 24.2 Å². The van der Waals surface area contributed by atoms with E-state index in [1.807, 2.05) is 0 Å². The van der Waals surface area contributed by atoms with E-state index in [1.165, 1.54) is 18.2 Å². The van der Waals surface area contributed by atoms with Gasteiger partial charge in [0.25, 0.3) is 0 Å². The molecular formula is C36H52ClF3N8O6. The van der Waals surface area contributed by atoms with E-state index in [2.05, 4.69) is 21.3 Å². The molecule has 3 aromatic carbocycles. The van der Waals surface area contributed by atoms with E-state index in [9.17, 15) is 32.3 Å². The van der Waals surface area contributed by atoms with E-state index in [0.29, 0.717) is 23.2 Å². The normalized spacial score (nSPS) is 10.5. The standard InChI is InChI=1S/C14H20FN3O3.C13H19FN2O2.C9H12FN3O.ClH/c1-14(2,3)21-13(20)18-7-9-4-5-11(15)10(6-9)8-17-12(16)19;1-13(2,3)18-12(17)16-8-9-4-5-11(14)10(6-9)7-15;10-8-2-1-6(4-11)3-7(8)5-13-9(12)14;/h4-6H,7-8H2,1-3H3,(H,18,20)(H3,16,17,19);4-6H,7-8,15H2,1-3H3,(H,16,17);1-3H,4-5,11H2,(H3,12,13,14);1H. The molecule has 0 spiro atoms. The van der Waals surface area contributed by atoms with Crippen molar-refractivity contribution in [1.82, 2.24) is 21.3 Å². The summed E-state index contributed by atoms with van der Waals surface area (Å²) in [6.45, 7) is 11.7. The summed E-state index contributed by atoms with van der Waals surface area (Å²) in [5, 5.41) is 9.80. The quantitative estimate of drug-likeness (QED) is 0.136. The lowest BCUT2D eigenvalue weighted by atomic mass is 10.1. The Hall–Kier alpha value is -5.26. The number of hydrogen-bond donors (Lipinski definition) is 8. The Morgan fingerprint density at radius 2 is 0.870 bits per heavy atom. The van der Waals surface area contributed by atoms with Crippen LogP contribution in [0.4, 0.5) is 32.3 Å². The van der Waals surface area contributed by atoms with E-state index >= 15 is 0 Å². The van der Waals surface area contributed by atoms with Crippen LogP contribution in [0.1, 0.15) is 74.9 Å². The Morgan fingerprint density at radius 1 is 0.537 bits per heavy atom. The van der Waals surface area contributed by atoms with Gasteiger partial charge < -0.3 is 53.7 Å². The summed E-state index contributed by atoms with van der Waals surface area (Å²) in [5.74, 6) is -1.17. The minimum absolute atomic E-state index is 0. The molecule has 18 heteroatoms. The molecule has 14 nitrogen and oxygen atoms in total. The van der Waals surface area contributed by atoms with Gasteiger partial charge in [-0.1, -0.05) is 18.2 Å². The van der Waals surface area contributed by atoms with Gasteiger partial charge in [0.2, 0.25) is 0 Å². The average Bonchev–Trinajstić information content (AvgIpc) is 3.05. The highest BCUT2D eigenvalue weighted by Gasteiger charge is 2.17. The molecule has 12 N–H and O–H groups in total. The van der Waals surface area contributed by atoms with Crippen molar-refractivity contribution in [2.24, 2.45) is 22.9 Å². The number of halogens is 4. The zero-order chi connectivity index (χ0) is 40.4. The summed E-state index contributed by atoms with van der Waals surface area (Å²) in [6, 6.07) is 12.0. The van der Waals surface area contributed by atoms with Gasteiger partial charge in [0.15, 0.2) is 0 Å². The molecule has 3 aromatic rings. The van der Waals surface area contributed by atoms with Gasteiger partial charge in [-0.2, -0.15) is 0 Å². The molecular weight excluding hydrogens is 733 g/mol. The number of rotatable bonds is 10. The van der Waals surface area contributed by atoms with Crippen molar-refractivity contribution in [3.63, 3.8) is 0 Å². The van der Waals surface area contributed by atoms with E-state index < -0.39 is 41.3 Å². The number of hydrogen-bond acceptors (Lipinski definition) is 8. The van der Waals surface area contributed by atoms with Crippen molar-refractivity contribution in [2.75, 3.05) is 0 Å². The van der Waals surface area contributed by atoms with E-state index in [1.54, 1.807) is 77.9 Å². The van der Waals surface area contributed by atoms with Crippen molar-refractivity contribution in [3.8, 4) is 0 Å². The molecule has 0 heterocycles. The number of nitrogens with one attached hydrogen (secondary N) is 4. The van der Waals surface area contributed by atoms with Crippen LogP contribution in [0.15, 0.2) is 54.6 Å². The highest BCUT2D eigenvalue weighted by molar-refractivity contribution is 5.85. The van der Waals surface area contributed by atoms with Crippen molar-refractivity contribution in [1.29, 1.82) is 0 Å². The fourth-order valence-electron chi connectivity index (χ4n) is 4.00. The smallest absolute Gasteiger partial charge is 0.407 e. The third kappa shape index (κ3) is 21.3. The van der Waals surface area contributed by atoms with Gasteiger partial charge in [-0.3, -0.25) is 0 Å². The largest absolute Gasteiger partial charge is 0.444 e. The minimum Gasteiger partial charge on any atom is -0.444 e. The van der Waals surface area contributed by atoms with Crippen molar-refractivity contribution in [2.45, 2.75) is 92.0 Å². The highest BCUT2D eigenvalue weighted by atomic mass is 35.5. The van der Waals surface area contributed by atoms with Gasteiger partial charge in [0, 0.05) is 56.0 Å². The molecule has 0 bridgehead atoms. The van der Waals surface area contributed by atoms with Crippen LogP contribution in [-0.4, -0.2) is 35.5 Å². The molecule has 54 heavy (non-hydrogen) atoms. The molecule has 6 amide bonds. The summed E-state index contributed by atoms with van der Waals surface area (Å²) >= 11 is 0. The summed E-state index contributed by atoms with van der Waals surface area (Å²) < 4.78 is 50.0. The highest BCUT2D eigenvalue weighted by Crippen LogP contribution is 2.13. The van der Waals surface area contributed by atoms with E-state index in [-0.39, 0.29) is 62.3 Å². The lowest BCUT2D eigenvalue weighted by Crippen LogP contribution is -2.32. The van der Waals surface area contributed by atoms with Crippen LogP contribution < -0.4 is 44.2 Å². The van der Waals surface area contributed by atoms with Gasteiger partial charge in [-0.15, -0.1) is 12.4 Å². The van der Waals surface area contributed by atoms with Gasteiger partial charge in [-0.25, -0.2) is 32.3 Å². The van der Waals surface area contributed by atoms with Crippen molar-refractivity contribution >= 4 is 36.7 Å². The number of alkyl carbamates (subject to hydrolysis) is 2. The number of benzene rings is 3. The first-order chi connectivity index (χ1) is 24.6. The number of amides is 6. The molecule has 0 aliphatic heterocycles. The average molecular weight is 785 g/mol. The second-order valence-corrected chi connectivity index (χ2v) is 13.3. The lowest BCUT2D eigenvalue weighted by molar-refractivity contribution is 0.0512. The second-order valence-electron chi connectivity index (χ2n) is 13.3. The first-order valence-corrected chi connectivity index (χ1v) is 16.3. The summed E-state index contributed by atoms with van der Waals surface area (Å²) in [4.78, 5) is 44.0. The van der Waals surface area contributed by atoms with Crippen LogP contribution in [0.2, 0.25) is 0 Å². The minimum atomic E-state index is -0.730. The van der Waals surface area contributed by atoms with Crippen molar-refractivity contribution < 1.29 is 41.8 Å². The molecule has 0 aliphatic rings. The van der Waals surface area contributed by atoms with Crippen LogP contribution >= 0.6 is 12.4 Å². The predicted molar refractivity (Wildman–Crippen MR) is 201 cm³/mol. The number of ether oxygens (including phenoxy) is 2. The van der Waals surface area contributed by atoms with Gasteiger partial charge in [-0.05, 0) is 94.6 Å². The molecule has 300 valence electrons. The maximum Gasteiger partial charge on any atom is 0.407 e. The van der Waals surface area contributed by atoms with Crippen LogP contribution in [0, 0.1) is 17.5 Å². The fraction of sp³-hybridized carbons (Fsp3) is 0.389. The molecule has 0 unspecified atom stereocenters. The fourth-order valence-corrected chi connectivity index (χ4v) is 4.00. The molecule has 0 saturated heterocycles. The van der Waals surface area contributed by atoms with E-state index in [0.717, 1.165) is 11.1 Å². The van der Waals surface area contributed by atoms with Crippen LogP contribution in [0.25, 0.3) is 0 Å². The maximum atomic E-state index is 13.5. The Kier molecular flexibility index (Phi) is 21.1. The molecule has 3 rings (SSSR count). The second kappa shape index (κ2) is 23.4. The molecule has 0 aliphatic carbocycles. The summed E-state index contributed by atoms with van der Waals surface area (Å²) in [6.07, 6.45) is -1.05. The predicted octanol–water partition coefficient (Wildman–Crippen LogP) is 5.20. The monoisotopic (exact) mass is 784 g/mol. The third-order valence-electron chi connectivity index (χ3n) is 6.36. The Balaban J connectivity index is 0.000000788. The Morgan fingerprint density at radius 3 is 1.20 bits per heavy atom. The zero-order valence-corrected chi connectivity index (χ0v) is 32.1. The first kappa shape index (κ1) is 48.7. The Labute approximate surface area is 319 Å². The lowest BCUT2D eigenvalue weighted by Gasteiger charge is -2.19. The summed E-state index contributed by atoms with van der Waals surface area (Å²) in [7, 11) is 0. The summed E-state index contributed by atoms with van der Waals surface area (Å²) in [5.41, 5.74) is 22.9. The SMILES string of the molecule is CC(C)(C)OC(=O)NCc1ccc(F)c(CN)c1.CC(C)(C)OC(=O)NCc1ccc(F)c(CNC(N)=O)c1.Cl.NCc1ccc(F)c(CNC(N)=O)c1. The van der Waals surface area contributed by atoms with Crippen molar-refractivity contribution in [3.05, 3.63) is 105 Å².